The molecule has 0 saturated carbocycles. The van der Waals surface area contributed by atoms with Crippen LogP contribution >= 0.6 is 12.2 Å². The van der Waals surface area contributed by atoms with Gasteiger partial charge in [0.2, 0.25) is 0 Å². The van der Waals surface area contributed by atoms with Crippen molar-refractivity contribution in [3.63, 3.8) is 0 Å². The lowest BCUT2D eigenvalue weighted by atomic mass is 10.1. The van der Waals surface area contributed by atoms with Crippen LogP contribution in [0.3, 0.4) is 0 Å². The molecule has 0 aliphatic carbocycles. The average Bonchev–Trinajstić information content (AvgIpc) is 2.72. The summed E-state index contributed by atoms with van der Waals surface area (Å²) in [6.07, 6.45) is 0. The Morgan fingerprint density at radius 2 is 1.90 bits per heavy atom. The number of fused-ring (bicyclic) bond motifs is 1. The third-order valence-corrected chi connectivity index (χ3v) is 5.07. The number of aliphatic hydroxyl groups is 1. The summed E-state index contributed by atoms with van der Waals surface area (Å²) >= 11 is 5.53. The number of aromatic nitrogens is 1. The number of nitrogens with one attached hydrogen (secondary N) is 2. The highest BCUT2D eigenvalue weighted by molar-refractivity contribution is 7.80. The van der Waals surface area contributed by atoms with Crippen LogP contribution in [0.1, 0.15) is 11.1 Å². The monoisotopic (exact) mass is 427 g/mol. The van der Waals surface area contributed by atoms with Gasteiger partial charge in [0.15, 0.2) is 16.6 Å². The molecule has 0 fully saturated rings. The summed E-state index contributed by atoms with van der Waals surface area (Å²) in [5, 5.41) is 13.9. The van der Waals surface area contributed by atoms with Gasteiger partial charge in [-0.05, 0) is 49.0 Å². The molecule has 3 rings (SSSR count). The van der Waals surface area contributed by atoms with Crippen molar-refractivity contribution in [3.05, 3.63) is 63.9 Å². The molecule has 8 heteroatoms. The number of thiocarbonyl (C=S) groups is 1. The summed E-state index contributed by atoms with van der Waals surface area (Å²) in [5.41, 5.74) is 2.90. The molecule has 2 aromatic carbocycles. The van der Waals surface area contributed by atoms with E-state index in [1.165, 1.54) is 0 Å². The Morgan fingerprint density at radius 1 is 1.17 bits per heavy atom. The van der Waals surface area contributed by atoms with Crippen LogP contribution in [0.5, 0.6) is 11.5 Å². The fourth-order valence-corrected chi connectivity index (χ4v) is 3.47. The predicted molar refractivity (Wildman–Crippen MR) is 123 cm³/mol. The second kappa shape index (κ2) is 9.60. The van der Waals surface area contributed by atoms with Crippen molar-refractivity contribution in [2.75, 3.05) is 32.7 Å². The van der Waals surface area contributed by atoms with Crippen molar-refractivity contribution in [2.24, 2.45) is 0 Å². The molecule has 0 spiro atoms. The first-order valence-electron chi connectivity index (χ1n) is 9.46. The van der Waals surface area contributed by atoms with E-state index in [4.69, 9.17) is 21.7 Å². The number of ether oxygens (including phenoxy) is 2. The van der Waals surface area contributed by atoms with E-state index >= 15 is 0 Å². The van der Waals surface area contributed by atoms with E-state index in [9.17, 15) is 9.90 Å². The van der Waals surface area contributed by atoms with Gasteiger partial charge >= 0.3 is 0 Å². The van der Waals surface area contributed by atoms with Crippen molar-refractivity contribution in [1.29, 1.82) is 0 Å². The minimum absolute atomic E-state index is 0.0911. The molecule has 158 valence electrons. The summed E-state index contributed by atoms with van der Waals surface area (Å²) in [6.45, 7) is 2.45. The van der Waals surface area contributed by atoms with E-state index < -0.39 is 0 Å². The van der Waals surface area contributed by atoms with Crippen LogP contribution in [-0.2, 0) is 6.54 Å². The molecule has 0 radical (unpaired) electrons. The SMILES string of the molecule is COc1cc2cc(CN(CCO)C(=S)Nc3cccc(C)c3)c(=O)[nH]c2cc1OC. The molecule has 0 atom stereocenters. The van der Waals surface area contributed by atoms with Gasteiger partial charge in [-0.15, -0.1) is 0 Å². The van der Waals surface area contributed by atoms with Gasteiger partial charge in [-0.2, -0.15) is 0 Å². The van der Waals surface area contributed by atoms with E-state index in [-0.39, 0.29) is 18.7 Å². The molecular weight excluding hydrogens is 402 g/mol. The number of nitrogens with zero attached hydrogens (tertiary/aromatic N) is 1. The van der Waals surface area contributed by atoms with E-state index in [0.717, 1.165) is 16.6 Å². The maximum Gasteiger partial charge on any atom is 0.253 e. The second-order valence-electron chi connectivity index (χ2n) is 6.86. The Hall–Kier alpha value is -3.10. The number of benzene rings is 2. The molecule has 7 nitrogen and oxygen atoms in total. The lowest BCUT2D eigenvalue weighted by Crippen LogP contribution is -2.37. The minimum Gasteiger partial charge on any atom is -0.493 e. The third kappa shape index (κ3) is 4.90. The van der Waals surface area contributed by atoms with Gasteiger partial charge in [0, 0.05) is 29.2 Å². The highest BCUT2D eigenvalue weighted by atomic mass is 32.1. The molecule has 0 bridgehead atoms. The molecule has 1 heterocycles. The summed E-state index contributed by atoms with van der Waals surface area (Å²) in [6, 6.07) is 13.2. The normalized spacial score (nSPS) is 10.7. The summed E-state index contributed by atoms with van der Waals surface area (Å²) < 4.78 is 10.7. The second-order valence-corrected chi connectivity index (χ2v) is 7.25. The lowest BCUT2D eigenvalue weighted by Gasteiger charge is -2.25. The van der Waals surface area contributed by atoms with Gasteiger partial charge in [0.1, 0.15) is 0 Å². The highest BCUT2D eigenvalue weighted by Crippen LogP contribution is 2.31. The van der Waals surface area contributed by atoms with Crippen LogP contribution in [0, 0.1) is 6.92 Å². The molecule has 30 heavy (non-hydrogen) atoms. The molecule has 0 saturated heterocycles. The van der Waals surface area contributed by atoms with E-state index in [1.807, 2.05) is 37.3 Å². The number of anilines is 1. The maximum absolute atomic E-state index is 12.7. The van der Waals surface area contributed by atoms with E-state index in [1.54, 1.807) is 31.3 Å². The van der Waals surface area contributed by atoms with Crippen molar-refractivity contribution in [1.82, 2.24) is 9.88 Å². The number of pyridine rings is 1. The Balaban J connectivity index is 1.89. The smallest absolute Gasteiger partial charge is 0.253 e. The van der Waals surface area contributed by atoms with Crippen molar-refractivity contribution in [3.8, 4) is 11.5 Å². The average molecular weight is 428 g/mol. The lowest BCUT2D eigenvalue weighted by molar-refractivity contribution is 0.248. The largest absolute Gasteiger partial charge is 0.493 e. The van der Waals surface area contributed by atoms with Crippen molar-refractivity contribution < 1.29 is 14.6 Å². The van der Waals surface area contributed by atoms with Crippen molar-refractivity contribution in [2.45, 2.75) is 13.5 Å². The Kier molecular flexibility index (Phi) is 6.91. The van der Waals surface area contributed by atoms with Gasteiger partial charge in [0.05, 0.1) is 32.9 Å². The Bertz CT molecular complexity index is 1110. The number of aliphatic hydroxyl groups excluding tert-OH is 1. The van der Waals surface area contributed by atoms with Gasteiger partial charge in [-0.1, -0.05) is 12.1 Å². The summed E-state index contributed by atoms with van der Waals surface area (Å²) in [4.78, 5) is 17.3. The van der Waals surface area contributed by atoms with Crippen LogP contribution in [-0.4, -0.2) is 47.5 Å². The molecule has 0 aliphatic heterocycles. The van der Waals surface area contributed by atoms with Gasteiger partial charge in [-0.3, -0.25) is 4.79 Å². The van der Waals surface area contributed by atoms with Gasteiger partial charge < -0.3 is 29.8 Å². The first kappa shape index (κ1) is 21.6. The third-order valence-electron chi connectivity index (χ3n) is 4.71. The fraction of sp³-hybridized carbons (Fsp3) is 0.273. The highest BCUT2D eigenvalue weighted by Gasteiger charge is 2.15. The number of rotatable bonds is 7. The van der Waals surface area contributed by atoms with Crippen LogP contribution in [0.4, 0.5) is 5.69 Å². The molecule has 3 N–H and O–H groups in total. The summed E-state index contributed by atoms with van der Waals surface area (Å²) in [7, 11) is 3.11. The van der Waals surface area contributed by atoms with Crippen LogP contribution in [0.25, 0.3) is 10.9 Å². The Morgan fingerprint density at radius 3 is 2.57 bits per heavy atom. The van der Waals surface area contributed by atoms with Gasteiger partial charge in [0.25, 0.3) is 5.56 Å². The number of hydrogen-bond donors (Lipinski definition) is 3. The number of aryl methyl sites for hydroxylation is 1. The molecule has 0 unspecified atom stereocenters. The number of aromatic amines is 1. The number of methoxy groups -OCH3 is 2. The van der Waals surface area contributed by atoms with Crippen LogP contribution < -0.4 is 20.3 Å². The zero-order chi connectivity index (χ0) is 21.7. The minimum atomic E-state index is -0.226. The Labute approximate surface area is 180 Å². The molecule has 0 amide bonds. The predicted octanol–water partition coefficient (Wildman–Crippen LogP) is 3.05. The maximum atomic E-state index is 12.7. The quantitative estimate of drug-likeness (QED) is 0.500. The van der Waals surface area contributed by atoms with Gasteiger partial charge in [-0.25, -0.2) is 0 Å². The van der Waals surface area contributed by atoms with E-state index in [0.29, 0.717) is 34.2 Å². The molecule has 0 aliphatic rings. The fourth-order valence-electron chi connectivity index (χ4n) is 3.20. The number of H-pyrrole nitrogens is 1. The van der Waals surface area contributed by atoms with E-state index in [2.05, 4.69) is 10.3 Å². The number of hydrogen-bond acceptors (Lipinski definition) is 5. The van der Waals surface area contributed by atoms with Crippen LogP contribution in [0.15, 0.2) is 47.3 Å². The first-order chi connectivity index (χ1) is 14.4. The molecule has 3 aromatic rings. The molecular formula is C22H25N3O4S. The standard InChI is InChI=1S/C22H25N3O4S/c1-14-5-4-6-17(9-14)23-22(30)25(7-8-26)13-16-10-15-11-19(28-2)20(29-3)12-18(15)24-21(16)27/h4-6,9-12,26H,7-8,13H2,1-3H3,(H,23,30)(H,24,27). The van der Waals surface area contributed by atoms with Crippen LogP contribution in [0.2, 0.25) is 0 Å². The summed E-state index contributed by atoms with van der Waals surface area (Å²) in [5.74, 6) is 1.12. The first-order valence-corrected chi connectivity index (χ1v) is 9.87. The zero-order valence-electron chi connectivity index (χ0n) is 17.2. The molecule has 1 aromatic heterocycles. The van der Waals surface area contributed by atoms with Crippen molar-refractivity contribution >= 4 is 33.9 Å². The zero-order valence-corrected chi connectivity index (χ0v) is 18.0. The topological polar surface area (TPSA) is 86.8 Å².